The summed E-state index contributed by atoms with van der Waals surface area (Å²) in [5, 5.41) is 11.5. The summed E-state index contributed by atoms with van der Waals surface area (Å²) in [4.78, 5) is 22.0. The number of nitro groups is 1. The van der Waals surface area contributed by atoms with E-state index >= 15 is 0 Å². The molecule has 0 unspecified atom stereocenters. The molecule has 9 heteroatoms. The average Bonchev–Trinajstić information content (AvgIpc) is 2.88. The van der Waals surface area contributed by atoms with Crippen LogP contribution in [-0.2, 0) is 20.8 Å². The largest absolute Gasteiger partial charge is 0.515 e. The summed E-state index contributed by atoms with van der Waals surface area (Å²) in [5.41, 5.74) is 0.580. The molecule has 2 rings (SSSR count). The van der Waals surface area contributed by atoms with Gasteiger partial charge in [-0.05, 0) is 13.0 Å². The maximum absolute atomic E-state index is 11.6. The highest BCUT2D eigenvalue weighted by Gasteiger charge is 2.19. The van der Waals surface area contributed by atoms with Crippen LogP contribution >= 0.6 is 0 Å². The molecule has 0 spiro atoms. The first-order chi connectivity index (χ1) is 11.5. The second-order valence-electron chi connectivity index (χ2n) is 4.78. The zero-order valence-corrected chi connectivity index (χ0v) is 13.6. The van der Waals surface area contributed by atoms with E-state index in [0.29, 0.717) is 10.9 Å². The van der Waals surface area contributed by atoms with Crippen molar-refractivity contribution in [2.45, 2.75) is 19.8 Å². The predicted molar refractivity (Wildman–Crippen MR) is 84.0 cm³/mol. The van der Waals surface area contributed by atoms with Gasteiger partial charge in [-0.15, -0.1) is 0 Å². The van der Waals surface area contributed by atoms with Gasteiger partial charge >= 0.3 is 6.16 Å². The monoisotopic (exact) mass is 338 g/mol. The average molecular weight is 338 g/mol. The fourth-order valence-corrected chi connectivity index (χ4v) is 2.25. The quantitative estimate of drug-likeness (QED) is 0.331. The summed E-state index contributed by atoms with van der Waals surface area (Å²) in [7, 11) is 2.97. The number of carbonyl (C=O) groups is 1. The van der Waals surface area contributed by atoms with Crippen LogP contribution in [0.25, 0.3) is 10.9 Å². The Kier molecular flexibility index (Phi) is 5.72. The maximum atomic E-state index is 11.6. The third kappa shape index (κ3) is 3.81. The van der Waals surface area contributed by atoms with Gasteiger partial charge in [0, 0.05) is 37.8 Å². The van der Waals surface area contributed by atoms with Gasteiger partial charge in [-0.2, -0.15) is 0 Å². The molecule has 0 N–H and O–H groups in total. The lowest BCUT2D eigenvalue weighted by Crippen LogP contribution is -2.22. The molecule has 0 saturated heterocycles. The van der Waals surface area contributed by atoms with Crippen molar-refractivity contribution in [2.24, 2.45) is 0 Å². The summed E-state index contributed by atoms with van der Waals surface area (Å²) in [6, 6.07) is 5.88. The third-order valence-electron chi connectivity index (χ3n) is 3.37. The van der Waals surface area contributed by atoms with Crippen LogP contribution in [0.1, 0.15) is 6.92 Å². The fraction of sp³-hybridized carbons (Fsp3) is 0.400. The van der Waals surface area contributed by atoms with Gasteiger partial charge in [-0.3, -0.25) is 10.1 Å². The minimum atomic E-state index is -0.859. The van der Waals surface area contributed by atoms with Crippen molar-refractivity contribution in [3.05, 3.63) is 34.4 Å². The third-order valence-corrected chi connectivity index (χ3v) is 3.37. The number of hydrogen-bond donors (Lipinski definition) is 0. The first-order valence-electron chi connectivity index (χ1n) is 7.18. The molecular formula is C15H18N2O7. The van der Waals surface area contributed by atoms with Crippen LogP contribution in [0.4, 0.5) is 10.5 Å². The lowest BCUT2D eigenvalue weighted by atomic mass is 10.2. The van der Waals surface area contributed by atoms with Crippen molar-refractivity contribution in [2.75, 3.05) is 20.8 Å². The van der Waals surface area contributed by atoms with E-state index in [0.717, 1.165) is 0 Å². The van der Waals surface area contributed by atoms with E-state index in [1.54, 1.807) is 17.6 Å². The van der Waals surface area contributed by atoms with E-state index in [4.69, 9.17) is 18.9 Å². The molecule has 0 atom stereocenters. The Labute approximate surface area is 137 Å². The molecule has 0 saturated carbocycles. The van der Waals surface area contributed by atoms with Crippen molar-refractivity contribution >= 4 is 22.7 Å². The number of aromatic nitrogens is 1. The summed E-state index contributed by atoms with van der Waals surface area (Å²) >= 11 is 0. The maximum Gasteiger partial charge on any atom is 0.515 e. The van der Waals surface area contributed by atoms with Crippen molar-refractivity contribution in [3.8, 4) is 5.88 Å². The van der Waals surface area contributed by atoms with E-state index in [1.807, 2.05) is 0 Å². The Bertz CT molecular complexity index is 737. The summed E-state index contributed by atoms with van der Waals surface area (Å²) in [6.07, 6.45) is -1.44. The Morgan fingerprint density at radius 3 is 2.58 bits per heavy atom. The molecule has 1 aromatic carbocycles. The molecule has 0 amide bonds. The summed E-state index contributed by atoms with van der Waals surface area (Å²) in [5.74, 6) is 0.183. The topological polar surface area (TPSA) is 102 Å². The van der Waals surface area contributed by atoms with Gasteiger partial charge in [0.15, 0.2) is 6.29 Å². The molecule has 0 aliphatic carbocycles. The highest BCUT2D eigenvalue weighted by Crippen LogP contribution is 2.29. The Hall–Kier alpha value is -2.65. The Balaban J connectivity index is 2.47. The van der Waals surface area contributed by atoms with Crippen LogP contribution in [0.2, 0.25) is 0 Å². The molecule has 0 radical (unpaired) electrons. The van der Waals surface area contributed by atoms with Crippen molar-refractivity contribution in [1.29, 1.82) is 0 Å². The number of benzene rings is 1. The SMILES string of the molecule is CCOC(=O)Oc1cc2cc([N+](=O)[O-])ccc2n1CC(OC)OC. The number of methoxy groups -OCH3 is 2. The minimum Gasteiger partial charge on any atom is -0.434 e. The van der Waals surface area contributed by atoms with Gasteiger partial charge in [0.05, 0.1) is 23.6 Å². The molecule has 1 heterocycles. The van der Waals surface area contributed by atoms with Crippen molar-refractivity contribution in [1.82, 2.24) is 4.57 Å². The minimum absolute atomic E-state index is 0.0580. The van der Waals surface area contributed by atoms with Gasteiger partial charge in [0.25, 0.3) is 5.69 Å². The number of ether oxygens (including phenoxy) is 4. The number of nitro benzene ring substituents is 1. The standard InChI is InChI=1S/C15H18N2O7/c1-4-23-15(18)24-13-8-10-7-11(17(19)20)5-6-12(10)16(13)9-14(21-2)22-3/h5-8,14H,4,9H2,1-3H3. The number of fused-ring (bicyclic) bond motifs is 1. The molecule has 9 nitrogen and oxygen atoms in total. The molecule has 0 fully saturated rings. The second kappa shape index (κ2) is 7.75. The van der Waals surface area contributed by atoms with Crippen molar-refractivity contribution < 1.29 is 28.7 Å². The second-order valence-corrected chi connectivity index (χ2v) is 4.78. The van der Waals surface area contributed by atoms with E-state index in [2.05, 4.69) is 0 Å². The predicted octanol–water partition coefficient (Wildman–Crippen LogP) is 2.70. The van der Waals surface area contributed by atoms with Crippen LogP contribution in [-0.4, -0.2) is 42.8 Å². The van der Waals surface area contributed by atoms with Gasteiger partial charge < -0.3 is 23.5 Å². The smallest absolute Gasteiger partial charge is 0.434 e. The van der Waals surface area contributed by atoms with Gasteiger partial charge in [-0.25, -0.2) is 4.79 Å². The van der Waals surface area contributed by atoms with Gasteiger partial charge in [0.2, 0.25) is 5.88 Å². The van der Waals surface area contributed by atoms with E-state index in [9.17, 15) is 14.9 Å². The van der Waals surface area contributed by atoms with Crippen LogP contribution in [0.5, 0.6) is 5.88 Å². The molecular weight excluding hydrogens is 320 g/mol. The lowest BCUT2D eigenvalue weighted by molar-refractivity contribution is -0.384. The number of rotatable bonds is 7. The van der Waals surface area contributed by atoms with Gasteiger partial charge in [-0.1, -0.05) is 0 Å². The van der Waals surface area contributed by atoms with E-state index < -0.39 is 17.4 Å². The van der Waals surface area contributed by atoms with Crippen LogP contribution < -0.4 is 4.74 Å². The molecule has 0 bridgehead atoms. The molecule has 0 aliphatic rings. The number of hydrogen-bond acceptors (Lipinski definition) is 7. The normalized spacial score (nSPS) is 11.0. The zero-order valence-electron chi connectivity index (χ0n) is 13.6. The van der Waals surface area contributed by atoms with Crippen LogP contribution in [0.3, 0.4) is 0 Å². The number of carbonyl (C=O) groups excluding carboxylic acids is 1. The first-order valence-corrected chi connectivity index (χ1v) is 7.18. The number of nitrogens with zero attached hydrogens (tertiary/aromatic N) is 2. The molecule has 2 aromatic rings. The summed E-state index contributed by atoms with van der Waals surface area (Å²) in [6.45, 7) is 2.05. The highest BCUT2D eigenvalue weighted by molar-refractivity contribution is 5.85. The number of non-ortho nitro benzene ring substituents is 1. The van der Waals surface area contributed by atoms with E-state index in [-0.39, 0.29) is 24.7 Å². The summed E-state index contributed by atoms with van der Waals surface area (Å²) < 4.78 is 21.9. The molecule has 24 heavy (non-hydrogen) atoms. The molecule has 0 aliphatic heterocycles. The van der Waals surface area contributed by atoms with Crippen molar-refractivity contribution in [3.63, 3.8) is 0 Å². The first kappa shape index (κ1) is 17.7. The Morgan fingerprint density at radius 2 is 2.00 bits per heavy atom. The van der Waals surface area contributed by atoms with Crippen LogP contribution in [0, 0.1) is 10.1 Å². The zero-order chi connectivity index (χ0) is 17.7. The van der Waals surface area contributed by atoms with Gasteiger partial charge in [0.1, 0.15) is 0 Å². The van der Waals surface area contributed by atoms with Crippen LogP contribution in [0.15, 0.2) is 24.3 Å². The molecule has 130 valence electrons. The highest BCUT2D eigenvalue weighted by atomic mass is 16.7. The Morgan fingerprint density at radius 1 is 1.29 bits per heavy atom. The fourth-order valence-electron chi connectivity index (χ4n) is 2.25. The lowest BCUT2D eigenvalue weighted by Gasteiger charge is -2.17. The molecule has 1 aromatic heterocycles. The van der Waals surface area contributed by atoms with E-state index in [1.165, 1.54) is 32.4 Å².